The average Bonchev–Trinajstić information content (AvgIpc) is 2.81. The van der Waals surface area contributed by atoms with E-state index in [9.17, 15) is 4.79 Å². The first-order valence-corrected chi connectivity index (χ1v) is 5.23. The third-order valence-electron chi connectivity index (χ3n) is 2.34. The predicted octanol–water partition coefficient (Wildman–Crippen LogP) is 0.981. The molecular weight excluding hydrogens is 204 g/mol. The Kier molecular flexibility index (Phi) is 4.60. The topological polar surface area (TPSA) is 79.2 Å². The van der Waals surface area contributed by atoms with Gasteiger partial charge in [0.25, 0.3) is 0 Å². The maximum absolute atomic E-state index is 11.1. The van der Waals surface area contributed by atoms with Crippen LogP contribution in [0.1, 0.15) is 5.56 Å². The lowest BCUT2D eigenvalue weighted by atomic mass is 10.1. The summed E-state index contributed by atoms with van der Waals surface area (Å²) in [6.45, 7) is 0.946. The number of hydrogen-bond donors (Lipinski definition) is 4. The highest BCUT2D eigenvalue weighted by Gasteiger charge is 2.14. The lowest BCUT2D eigenvalue weighted by Crippen LogP contribution is -2.24. The van der Waals surface area contributed by atoms with E-state index in [1.807, 2.05) is 18.2 Å². The van der Waals surface area contributed by atoms with E-state index in [4.69, 9.17) is 0 Å². The molecule has 16 heavy (non-hydrogen) atoms. The van der Waals surface area contributed by atoms with Crippen LogP contribution in [-0.4, -0.2) is 26.7 Å². The summed E-state index contributed by atoms with van der Waals surface area (Å²) in [4.78, 5) is 11.1. The van der Waals surface area contributed by atoms with Crippen molar-refractivity contribution in [2.75, 3.05) is 31.3 Å². The molecule has 0 unspecified atom stereocenters. The molecule has 1 aromatic carbocycles. The van der Waals surface area contributed by atoms with E-state index in [-0.39, 0.29) is 6.03 Å². The molecule has 5 heteroatoms. The molecule has 1 aromatic rings. The Morgan fingerprint density at radius 2 is 2.19 bits per heavy atom. The molecule has 0 saturated heterocycles. The van der Waals surface area contributed by atoms with Crippen molar-refractivity contribution in [3.63, 3.8) is 0 Å². The second-order valence-corrected chi connectivity index (χ2v) is 3.21. The van der Waals surface area contributed by atoms with Crippen molar-refractivity contribution in [2.45, 2.75) is 6.42 Å². The fourth-order valence-corrected chi connectivity index (χ4v) is 1.65. The lowest BCUT2D eigenvalue weighted by molar-refractivity contribution is 0.254. The van der Waals surface area contributed by atoms with Crippen molar-refractivity contribution in [1.29, 1.82) is 0 Å². The summed E-state index contributed by atoms with van der Waals surface area (Å²) in [5, 5.41) is 8.60. The number of fused-ring (bicyclic) bond motifs is 1. The van der Waals surface area contributed by atoms with E-state index in [0.29, 0.717) is 0 Å². The Hall–Kier alpha value is -1.75. The maximum atomic E-state index is 11.1. The molecule has 2 rings (SSSR count). The van der Waals surface area contributed by atoms with Crippen LogP contribution < -0.4 is 21.7 Å². The van der Waals surface area contributed by atoms with Crippen LogP contribution in [0.4, 0.5) is 16.2 Å². The Bertz CT molecular complexity index is 365. The SMILES string of the molecule is CN.CNC(=O)Nc1cccc2c1CCN2. The molecule has 0 spiro atoms. The summed E-state index contributed by atoms with van der Waals surface area (Å²) in [6, 6.07) is 5.70. The second kappa shape index (κ2) is 5.97. The molecule has 0 radical (unpaired) electrons. The van der Waals surface area contributed by atoms with Crippen LogP contribution in [0.15, 0.2) is 18.2 Å². The number of anilines is 2. The molecule has 0 aromatic heterocycles. The molecule has 0 atom stereocenters. The maximum Gasteiger partial charge on any atom is 0.318 e. The minimum Gasteiger partial charge on any atom is -0.384 e. The third-order valence-corrected chi connectivity index (χ3v) is 2.34. The van der Waals surface area contributed by atoms with E-state index in [1.54, 1.807) is 7.05 Å². The Balaban J connectivity index is 0.000000606. The van der Waals surface area contributed by atoms with Gasteiger partial charge in [-0.3, -0.25) is 0 Å². The van der Waals surface area contributed by atoms with Crippen molar-refractivity contribution in [1.82, 2.24) is 5.32 Å². The van der Waals surface area contributed by atoms with Crippen LogP contribution >= 0.6 is 0 Å². The van der Waals surface area contributed by atoms with E-state index in [0.717, 1.165) is 24.3 Å². The highest BCUT2D eigenvalue weighted by Crippen LogP contribution is 2.28. The van der Waals surface area contributed by atoms with Gasteiger partial charge in [0.1, 0.15) is 0 Å². The summed E-state index contributed by atoms with van der Waals surface area (Å²) in [5.41, 5.74) is 7.71. The summed E-state index contributed by atoms with van der Waals surface area (Å²) < 4.78 is 0. The van der Waals surface area contributed by atoms with Crippen molar-refractivity contribution < 1.29 is 4.79 Å². The average molecular weight is 222 g/mol. The normalized spacial score (nSPS) is 11.7. The van der Waals surface area contributed by atoms with Crippen molar-refractivity contribution in [3.8, 4) is 0 Å². The van der Waals surface area contributed by atoms with Crippen LogP contribution in [-0.2, 0) is 6.42 Å². The number of hydrogen-bond acceptors (Lipinski definition) is 3. The minimum atomic E-state index is -0.176. The van der Waals surface area contributed by atoms with Crippen molar-refractivity contribution in [2.24, 2.45) is 5.73 Å². The summed E-state index contributed by atoms with van der Waals surface area (Å²) in [7, 11) is 3.11. The smallest absolute Gasteiger partial charge is 0.318 e. The van der Waals surface area contributed by atoms with Crippen molar-refractivity contribution in [3.05, 3.63) is 23.8 Å². The van der Waals surface area contributed by atoms with Gasteiger partial charge in [-0.25, -0.2) is 4.79 Å². The van der Waals surface area contributed by atoms with E-state index in [1.165, 1.54) is 12.6 Å². The Morgan fingerprint density at radius 1 is 1.44 bits per heavy atom. The standard InChI is InChI=1S/C10H13N3O.CH5N/c1-11-10(14)13-9-4-2-3-8-7(9)5-6-12-8;1-2/h2-4,12H,5-6H2,1H3,(H2,11,13,14);2H2,1H3. The molecule has 0 fully saturated rings. The zero-order chi connectivity index (χ0) is 12.0. The second-order valence-electron chi connectivity index (χ2n) is 3.21. The molecule has 0 aliphatic carbocycles. The zero-order valence-corrected chi connectivity index (χ0v) is 9.63. The molecule has 1 heterocycles. The van der Waals surface area contributed by atoms with E-state index in [2.05, 4.69) is 21.7 Å². The number of rotatable bonds is 1. The van der Waals surface area contributed by atoms with Gasteiger partial charge < -0.3 is 21.7 Å². The minimum absolute atomic E-state index is 0.176. The first kappa shape index (κ1) is 12.3. The molecular formula is C11H18N4O. The summed E-state index contributed by atoms with van der Waals surface area (Å²) in [5.74, 6) is 0. The van der Waals surface area contributed by atoms with Gasteiger partial charge in [0, 0.05) is 30.5 Å². The number of benzene rings is 1. The first-order valence-electron chi connectivity index (χ1n) is 5.23. The van der Waals surface area contributed by atoms with Gasteiger partial charge in [-0.05, 0) is 25.6 Å². The monoisotopic (exact) mass is 222 g/mol. The number of nitrogens with two attached hydrogens (primary N) is 1. The number of urea groups is 1. The van der Waals surface area contributed by atoms with Gasteiger partial charge in [0.05, 0.1) is 0 Å². The Labute approximate surface area is 95.4 Å². The van der Waals surface area contributed by atoms with Gasteiger partial charge in [-0.2, -0.15) is 0 Å². The van der Waals surface area contributed by atoms with Crippen LogP contribution in [0.3, 0.4) is 0 Å². The predicted molar refractivity (Wildman–Crippen MR) is 66.8 cm³/mol. The van der Waals surface area contributed by atoms with Gasteiger partial charge in [0.15, 0.2) is 0 Å². The number of carbonyl (C=O) groups is 1. The zero-order valence-electron chi connectivity index (χ0n) is 9.63. The molecule has 5 N–H and O–H groups in total. The van der Waals surface area contributed by atoms with Gasteiger partial charge >= 0.3 is 6.03 Å². The summed E-state index contributed by atoms with van der Waals surface area (Å²) in [6.07, 6.45) is 0.968. The van der Waals surface area contributed by atoms with Gasteiger partial charge in [-0.1, -0.05) is 6.07 Å². The summed E-state index contributed by atoms with van der Waals surface area (Å²) >= 11 is 0. The molecule has 0 saturated carbocycles. The van der Waals surface area contributed by atoms with Gasteiger partial charge in [-0.15, -0.1) is 0 Å². The lowest BCUT2D eigenvalue weighted by Gasteiger charge is -2.08. The van der Waals surface area contributed by atoms with Crippen LogP contribution in [0.2, 0.25) is 0 Å². The highest BCUT2D eigenvalue weighted by molar-refractivity contribution is 5.91. The van der Waals surface area contributed by atoms with E-state index < -0.39 is 0 Å². The molecule has 5 nitrogen and oxygen atoms in total. The fraction of sp³-hybridized carbons (Fsp3) is 0.364. The Morgan fingerprint density at radius 3 is 2.88 bits per heavy atom. The molecule has 88 valence electrons. The fourth-order valence-electron chi connectivity index (χ4n) is 1.65. The number of amides is 2. The largest absolute Gasteiger partial charge is 0.384 e. The highest BCUT2D eigenvalue weighted by atomic mass is 16.2. The van der Waals surface area contributed by atoms with Gasteiger partial charge in [0.2, 0.25) is 0 Å². The number of nitrogens with one attached hydrogen (secondary N) is 3. The first-order chi connectivity index (χ1) is 7.81. The van der Waals surface area contributed by atoms with Crippen LogP contribution in [0.25, 0.3) is 0 Å². The molecule has 1 aliphatic rings. The van der Waals surface area contributed by atoms with Crippen LogP contribution in [0.5, 0.6) is 0 Å². The van der Waals surface area contributed by atoms with Crippen molar-refractivity contribution >= 4 is 17.4 Å². The molecule has 1 aliphatic heterocycles. The molecule has 2 amide bonds. The van der Waals surface area contributed by atoms with E-state index >= 15 is 0 Å². The number of carbonyl (C=O) groups excluding carboxylic acids is 1. The van der Waals surface area contributed by atoms with Crippen LogP contribution in [0, 0.1) is 0 Å². The molecule has 0 bridgehead atoms. The third kappa shape index (κ3) is 2.64. The quantitative estimate of drug-likeness (QED) is 0.572.